The second kappa shape index (κ2) is 4.41. The van der Waals surface area contributed by atoms with Gasteiger partial charge in [0.1, 0.15) is 0 Å². The van der Waals surface area contributed by atoms with Crippen molar-refractivity contribution in [1.82, 2.24) is 4.57 Å². The summed E-state index contributed by atoms with van der Waals surface area (Å²) in [7, 11) is 0. The van der Waals surface area contributed by atoms with Crippen molar-refractivity contribution in [2.24, 2.45) is 0 Å². The van der Waals surface area contributed by atoms with Crippen LogP contribution in [0.5, 0.6) is 0 Å². The van der Waals surface area contributed by atoms with Crippen LogP contribution in [-0.4, -0.2) is 4.57 Å². The van der Waals surface area contributed by atoms with Gasteiger partial charge in [0.05, 0.1) is 0 Å². The molecule has 71 valence electrons. The number of fused-ring (bicyclic) bond motifs is 1. The van der Waals surface area contributed by atoms with Crippen molar-refractivity contribution < 1.29 is 37.1 Å². The van der Waals surface area contributed by atoms with Crippen molar-refractivity contribution in [3.8, 4) is 0 Å². The zero-order valence-corrected chi connectivity index (χ0v) is 11.0. The predicted molar refractivity (Wildman–Crippen MR) is 49.7 cm³/mol. The first-order valence-electron chi connectivity index (χ1n) is 4.21. The molecule has 1 aromatic heterocycles. The van der Waals surface area contributed by atoms with Gasteiger partial charge in [-0.2, -0.15) is 12.1 Å². The van der Waals surface area contributed by atoms with Gasteiger partial charge in [-0.15, -0.1) is 12.1 Å². The van der Waals surface area contributed by atoms with E-state index in [1.54, 1.807) is 16.7 Å². The Bertz CT molecular complexity index is 484. The summed E-state index contributed by atoms with van der Waals surface area (Å²) in [4.78, 5) is 11.4. The van der Waals surface area contributed by atoms with Crippen molar-refractivity contribution in [2.75, 3.05) is 0 Å². The molecule has 0 unspecified atom stereocenters. The zero-order chi connectivity index (χ0) is 9.42. The molecule has 4 heteroatoms. The molecule has 0 atom stereocenters. The van der Waals surface area contributed by atoms with Gasteiger partial charge in [0.15, 0.2) is 0 Å². The second-order valence-corrected chi connectivity index (χ2v) is 3.23. The third-order valence-electron chi connectivity index (χ3n) is 1.97. The Labute approximate surface area is 107 Å². The van der Waals surface area contributed by atoms with Gasteiger partial charge in [-0.25, -0.2) is 4.79 Å². The molecule has 1 heterocycles. The Morgan fingerprint density at radius 3 is 2.86 bits per heavy atom. The molecule has 14 heavy (non-hydrogen) atoms. The molecule has 0 bridgehead atoms. The van der Waals surface area contributed by atoms with Crippen LogP contribution in [0.3, 0.4) is 0 Å². The quantitative estimate of drug-likeness (QED) is 0.739. The summed E-state index contributed by atoms with van der Waals surface area (Å²) in [5.74, 6) is -0.301. The minimum atomic E-state index is -0.301. The van der Waals surface area contributed by atoms with Crippen LogP contribution in [-0.2, 0) is 32.7 Å². The fourth-order valence-corrected chi connectivity index (χ4v) is 1.42. The number of nitrogens with zero attached hydrogens (tertiary/aromatic N) is 1. The zero-order valence-electron chi connectivity index (χ0n) is 8.15. The number of hydrogen-bond acceptors (Lipinski definition) is 2. The Morgan fingerprint density at radius 1 is 1.50 bits per heavy atom. The van der Waals surface area contributed by atoms with Gasteiger partial charge in [-0.1, -0.05) is 0 Å². The maximum atomic E-state index is 11.4. The van der Waals surface area contributed by atoms with Gasteiger partial charge in [-0.3, -0.25) is 4.57 Å². The largest absolute Gasteiger partial charge is 0.472 e. The predicted octanol–water partition coefficient (Wildman–Crippen LogP) is 1.97. The molecule has 1 aromatic carbocycles. The summed E-state index contributed by atoms with van der Waals surface area (Å²) in [6.07, 6.45) is 0. The maximum Gasteiger partial charge on any atom is 0.406 e. The second-order valence-electron chi connectivity index (χ2n) is 3.23. The number of aromatic nitrogens is 1. The fourth-order valence-electron chi connectivity index (χ4n) is 1.42. The molecule has 0 amide bonds. The molecule has 3 nitrogen and oxygen atoms in total. The van der Waals surface area contributed by atoms with Gasteiger partial charge < -0.3 is 4.42 Å². The van der Waals surface area contributed by atoms with E-state index in [0.717, 1.165) is 5.52 Å². The van der Waals surface area contributed by atoms with Crippen molar-refractivity contribution >= 4 is 11.1 Å². The topological polar surface area (TPSA) is 35.1 Å². The molecule has 0 N–H and O–H groups in total. The van der Waals surface area contributed by atoms with E-state index in [9.17, 15) is 4.79 Å². The maximum absolute atomic E-state index is 11.4. The fraction of sp³-hybridized carbons (Fsp3) is 0.300. The van der Waals surface area contributed by atoms with Gasteiger partial charge in [0, 0.05) is 44.3 Å². The minimum absolute atomic E-state index is 0. The Hall–Kier alpha value is -0.406. The number of oxazole rings is 1. The Kier molecular flexibility index (Phi) is 3.67. The van der Waals surface area contributed by atoms with Gasteiger partial charge in [0.2, 0.25) is 0 Å². The molecule has 0 fully saturated rings. The molecular weight excluding hydrogens is 255 g/mol. The van der Waals surface area contributed by atoms with E-state index >= 15 is 0 Å². The summed E-state index contributed by atoms with van der Waals surface area (Å²) in [6.45, 7) is 3.90. The number of rotatable bonds is 1. The van der Waals surface area contributed by atoms with E-state index in [2.05, 4.69) is 6.07 Å². The van der Waals surface area contributed by atoms with Gasteiger partial charge in [0.25, 0.3) is 0 Å². The van der Waals surface area contributed by atoms with E-state index in [0.29, 0.717) is 5.58 Å². The van der Waals surface area contributed by atoms with Gasteiger partial charge in [-0.05, 0) is 19.4 Å². The van der Waals surface area contributed by atoms with E-state index in [1.165, 1.54) is 0 Å². The first kappa shape index (κ1) is 11.7. The number of hydrogen-bond donors (Lipinski definition) is 0. The van der Waals surface area contributed by atoms with Crippen LogP contribution in [0.25, 0.3) is 11.1 Å². The molecule has 0 saturated carbocycles. The molecule has 2 aromatic rings. The third kappa shape index (κ3) is 1.84. The van der Waals surface area contributed by atoms with E-state index < -0.39 is 0 Å². The summed E-state index contributed by atoms with van der Waals surface area (Å²) >= 11 is 0. The normalized spacial score (nSPS) is 10.5. The van der Waals surface area contributed by atoms with Crippen molar-refractivity contribution in [2.45, 2.75) is 19.9 Å². The first-order chi connectivity index (χ1) is 6.20. The van der Waals surface area contributed by atoms with Crippen molar-refractivity contribution in [1.29, 1.82) is 0 Å². The average Bonchev–Trinajstić information content (AvgIpc) is 2.39. The standard InChI is InChI=1S/C10H10NO2.Y/c1-7(2)11-8-5-3-4-6-9(8)13-10(11)12;/h3,5-7H,1-2H3;/q-1;. The summed E-state index contributed by atoms with van der Waals surface area (Å²) in [5, 5.41) is 0. The van der Waals surface area contributed by atoms with Crippen LogP contribution < -0.4 is 5.76 Å². The molecule has 1 radical (unpaired) electrons. The van der Waals surface area contributed by atoms with Crippen LogP contribution >= 0.6 is 0 Å². The van der Waals surface area contributed by atoms with Crippen LogP contribution in [0, 0.1) is 6.07 Å². The van der Waals surface area contributed by atoms with Crippen molar-refractivity contribution in [3.63, 3.8) is 0 Å². The smallest absolute Gasteiger partial charge is 0.406 e. The molecule has 0 aliphatic carbocycles. The van der Waals surface area contributed by atoms with Crippen molar-refractivity contribution in [3.05, 3.63) is 34.8 Å². The summed E-state index contributed by atoms with van der Waals surface area (Å²) in [5.41, 5.74) is 1.43. The molecule has 0 aliphatic rings. The molecule has 0 aliphatic heterocycles. The monoisotopic (exact) mass is 265 g/mol. The van der Waals surface area contributed by atoms with E-state index in [1.807, 2.05) is 19.9 Å². The SMILES string of the molecule is CC(C)n1c(=O)oc2c[c-]ccc21.[Y]. The Balaban J connectivity index is 0.000000980. The minimum Gasteiger partial charge on any atom is -0.472 e. The Morgan fingerprint density at radius 2 is 2.21 bits per heavy atom. The number of benzene rings is 1. The molecular formula is C10H10NO2Y-. The van der Waals surface area contributed by atoms with Crippen LogP contribution in [0.1, 0.15) is 19.9 Å². The van der Waals surface area contributed by atoms with E-state index in [4.69, 9.17) is 4.42 Å². The van der Waals surface area contributed by atoms with Gasteiger partial charge >= 0.3 is 5.76 Å². The molecule has 0 saturated heterocycles. The first-order valence-corrected chi connectivity index (χ1v) is 4.21. The van der Waals surface area contributed by atoms with Crippen LogP contribution in [0.4, 0.5) is 0 Å². The van der Waals surface area contributed by atoms with E-state index in [-0.39, 0.29) is 44.5 Å². The summed E-state index contributed by atoms with van der Waals surface area (Å²) < 4.78 is 6.66. The van der Waals surface area contributed by atoms with Crippen LogP contribution in [0.15, 0.2) is 27.4 Å². The van der Waals surface area contributed by atoms with Crippen LogP contribution in [0.2, 0.25) is 0 Å². The third-order valence-corrected chi connectivity index (χ3v) is 1.97. The molecule has 2 rings (SSSR count). The molecule has 0 spiro atoms. The average molecular weight is 265 g/mol. The summed E-state index contributed by atoms with van der Waals surface area (Å²) in [6, 6.07) is 8.27.